The maximum Gasteiger partial charge on any atom is 0.131 e. The molecule has 1 N–H and O–H groups in total. The molecule has 1 unspecified atom stereocenters. The Morgan fingerprint density at radius 1 is 1.10 bits per heavy atom. The van der Waals surface area contributed by atoms with E-state index in [0.717, 1.165) is 18.9 Å². The molecule has 120 valence electrons. The van der Waals surface area contributed by atoms with Gasteiger partial charge in [-0.1, -0.05) is 45.6 Å². The Bertz CT molecular complexity index is 406. The molecule has 0 amide bonds. The Hall–Kier alpha value is -1.09. The van der Waals surface area contributed by atoms with Gasteiger partial charge in [-0.05, 0) is 37.9 Å². The summed E-state index contributed by atoms with van der Waals surface area (Å²) in [6.45, 7) is 7.44. The minimum absolute atomic E-state index is 0.0307. The highest BCUT2D eigenvalue weighted by Gasteiger charge is 2.15. The topological polar surface area (TPSA) is 21.3 Å². The van der Waals surface area contributed by atoms with Crippen LogP contribution in [0.25, 0.3) is 0 Å². The highest BCUT2D eigenvalue weighted by atomic mass is 19.1. The molecule has 0 bridgehead atoms. The first-order valence-corrected chi connectivity index (χ1v) is 8.12. The van der Waals surface area contributed by atoms with Crippen molar-refractivity contribution in [2.24, 2.45) is 5.92 Å². The van der Waals surface area contributed by atoms with Crippen molar-refractivity contribution >= 4 is 0 Å². The molecule has 0 aliphatic heterocycles. The number of hydrogen-bond acceptors (Lipinski definition) is 2. The van der Waals surface area contributed by atoms with Crippen LogP contribution in [0.3, 0.4) is 0 Å². The van der Waals surface area contributed by atoms with Crippen LogP contribution in [0.4, 0.5) is 4.39 Å². The molecule has 0 saturated carbocycles. The molecule has 1 aromatic carbocycles. The third kappa shape index (κ3) is 6.47. The van der Waals surface area contributed by atoms with Crippen LogP contribution in [0.15, 0.2) is 18.2 Å². The molecular formula is C18H30FNO. The molecule has 0 aliphatic carbocycles. The van der Waals surface area contributed by atoms with Gasteiger partial charge in [0.2, 0.25) is 0 Å². The van der Waals surface area contributed by atoms with Crippen LogP contribution >= 0.6 is 0 Å². The van der Waals surface area contributed by atoms with Gasteiger partial charge in [-0.25, -0.2) is 4.39 Å². The summed E-state index contributed by atoms with van der Waals surface area (Å²) in [7, 11) is 1.58. The lowest BCUT2D eigenvalue weighted by molar-refractivity contribution is 0.393. The summed E-state index contributed by atoms with van der Waals surface area (Å²) < 4.78 is 19.2. The lowest BCUT2D eigenvalue weighted by Crippen LogP contribution is -2.21. The molecule has 3 heteroatoms. The lowest BCUT2D eigenvalue weighted by atomic mass is 10.0. The fourth-order valence-corrected chi connectivity index (χ4v) is 2.57. The minimum atomic E-state index is -0.203. The van der Waals surface area contributed by atoms with Gasteiger partial charge in [-0.15, -0.1) is 0 Å². The third-order valence-electron chi connectivity index (χ3n) is 3.82. The van der Waals surface area contributed by atoms with Gasteiger partial charge in [0.15, 0.2) is 0 Å². The van der Waals surface area contributed by atoms with Gasteiger partial charge in [-0.2, -0.15) is 0 Å². The van der Waals surface area contributed by atoms with Gasteiger partial charge in [-0.3, -0.25) is 0 Å². The first kappa shape index (κ1) is 18.0. The zero-order valence-electron chi connectivity index (χ0n) is 13.9. The number of hydrogen-bond donors (Lipinski definition) is 1. The summed E-state index contributed by atoms with van der Waals surface area (Å²) >= 11 is 0. The van der Waals surface area contributed by atoms with Crippen LogP contribution < -0.4 is 10.1 Å². The number of ether oxygens (including phenoxy) is 1. The molecule has 0 spiro atoms. The molecule has 1 atom stereocenters. The molecular weight excluding hydrogens is 265 g/mol. The summed E-state index contributed by atoms with van der Waals surface area (Å²) in [6, 6.07) is 4.95. The minimum Gasteiger partial charge on any atom is -0.496 e. The van der Waals surface area contributed by atoms with Crippen molar-refractivity contribution in [1.82, 2.24) is 5.32 Å². The molecule has 2 nitrogen and oxygen atoms in total. The van der Waals surface area contributed by atoms with Gasteiger partial charge in [0.25, 0.3) is 0 Å². The van der Waals surface area contributed by atoms with E-state index in [2.05, 4.69) is 19.2 Å². The monoisotopic (exact) mass is 295 g/mol. The van der Waals surface area contributed by atoms with Gasteiger partial charge in [0.05, 0.1) is 7.11 Å². The van der Waals surface area contributed by atoms with E-state index in [4.69, 9.17) is 4.74 Å². The zero-order chi connectivity index (χ0) is 15.7. The summed E-state index contributed by atoms with van der Waals surface area (Å²) in [5, 5.41) is 3.39. The predicted molar refractivity (Wildman–Crippen MR) is 87.3 cm³/mol. The number of unbranched alkanes of at least 4 members (excludes halogenated alkanes) is 3. The van der Waals surface area contributed by atoms with Gasteiger partial charge < -0.3 is 10.1 Å². The number of nitrogens with one attached hydrogen (secondary N) is 1. The molecule has 1 aromatic rings. The largest absolute Gasteiger partial charge is 0.496 e. The van der Waals surface area contributed by atoms with Gasteiger partial charge in [0.1, 0.15) is 11.6 Å². The zero-order valence-corrected chi connectivity index (χ0v) is 13.9. The normalized spacial score (nSPS) is 12.7. The van der Waals surface area contributed by atoms with E-state index in [1.54, 1.807) is 13.2 Å². The van der Waals surface area contributed by atoms with Crippen molar-refractivity contribution in [2.75, 3.05) is 13.7 Å². The Kier molecular flexibility index (Phi) is 8.36. The summed E-state index contributed by atoms with van der Waals surface area (Å²) in [5.74, 6) is 1.22. The van der Waals surface area contributed by atoms with E-state index in [1.807, 2.05) is 13.0 Å². The van der Waals surface area contributed by atoms with E-state index < -0.39 is 0 Å². The highest BCUT2D eigenvalue weighted by Crippen LogP contribution is 2.27. The van der Waals surface area contributed by atoms with E-state index in [1.165, 1.54) is 31.7 Å². The van der Waals surface area contributed by atoms with Crippen LogP contribution in [0, 0.1) is 11.7 Å². The number of rotatable bonds is 10. The Balaban J connectivity index is 2.30. The summed E-state index contributed by atoms with van der Waals surface area (Å²) in [6.07, 6.45) is 6.29. The molecule has 0 fully saturated rings. The molecule has 21 heavy (non-hydrogen) atoms. The Labute approximate surface area is 129 Å². The third-order valence-corrected chi connectivity index (χ3v) is 3.82. The van der Waals surface area contributed by atoms with Crippen molar-refractivity contribution < 1.29 is 9.13 Å². The van der Waals surface area contributed by atoms with Crippen molar-refractivity contribution in [3.8, 4) is 5.75 Å². The SMILES string of the molecule is COc1cccc(F)c1C(C)NCCCCCCC(C)C. The van der Waals surface area contributed by atoms with Crippen molar-refractivity contribution in [3.63, 3.8) is 0 Å². The van der Waals surface area contributed by atoms with Crippen molar-refractivity contribution in [2.45, 2.75) is 58.9 Å². The summed E-state index contributed by atoms with van der Waals surface area (Å²) in [4.78, 5) is 0. The van der Waals surface area contributed by atoms with E-state index >= 15 is 0 Å². The fraction of sp³-hybridized carbons (Fsp3) is 0.667. The van der Waals surface area contributed by atoms with Crippen molar-refractivity contribution in [3.05, 3.63) is 29.6 Å². The smallest absolute Gasteiger partial charge is 0.131 e. The quantitative estimate of drug-likeness (QED) is 0.607. The fourth-order valence-electron chi connectivity index (χ4n) is 2.57. The van der Waals surface area contributed by atoms with Crippen LogP contribution in [-0.2, 0) is 0 Å². The lowest BCUT2D eigenvalue weighted by Gasteiger charge is -2.18. The van der Waals surface area contributed by atoms with E-state index in [0.29, 0.717) is 11.3 Å². The molecule has 1 rings (SSSR count). The summed E-state index contributed by atoms with van der Waals surface area (Å²) in [5.41, 5.74) is 0.625. The average Bonchev–Trinajstić information content (AvgIpc) is 2.45. The number of halogens is 1. The second-order valence-corrected chi connectivity index (χ2v) is 6.13. The second kappa shape index (κ2) is 9.78. The van der Waals surface area contributed by atoms with Gasteiger partial charge >= 0.3 is 0 Å². The van der Waals surface area contributed by atoms with Crippen LogP contribution in [-0.4, -0.2) is 13.7 Å². The second-order valence-electron chi connectivity index (χ2n) is 6.13. The van der Waals surface area contributed by atoms with E-state index in [9.17, 15) is 4.39 Å². The maximum atomic E-state index is 13.9. The Morgan fingerprint density at radius 2 is 1.81 bits per heavy atom. The number of methoxy groups -OCH3 is 1. The van der Waals surface area contributed by atoms with Crippen LogP contribution in [0.2, 0.25) is 0 Å². The average molecular weight is 295 g/mol. The molecule has 0 saturated heterocycles. The van der Waals surface area contributed by atoms with Crippen molar-refractivity contribution in [1.29, 1.82) is 0 Å². The van der Waals surface area contributed by atoms with Gasteiger partial charge in [0, 0.05) is 11.6 Å². The molecule has 0 aromatic heterocycles. The predicted octanol–water partition coefficient (Wildman–Crippen LogP) is 5.09. The molecule has 0 radical (unpaired) electrons. The van der Waals surface area contributed by atoms with Crippen LogP contribution in [0.1, 0.15) is 64.5 Å². The standard InChI is InChI=1S/C18H30FNO/c1-14(2)10-7-5-6-8-13-20-15(3)18-16(19)11-9-12-17(18)21-4/h9,11-12,14-15,20H,5-8,10,13H2,1-4H3. The first-order valence-electron chi connectivity index (χ1n) is 8.12. The molecule has 0 aliphatic rings. The first-order chi connectivity index (χ1) is 10.1. The highest BCUT2D eigenvalue weighted by molar-refractivity contribution is 5.36. The molecule has 0 heterocycles. The Morgan fingerprint density at radius 3 is 2.48 bits per heavy atom. The van der Waals surface area contributed by atoms with Crippen LogP contribution in [0.5, 0.6) is 5.75 Å². The maximum absolute atomic E-state index is 13.9. The number of benzene rings is 1. The van der Waals surface area contributed by atoms with E-state index in [-0.39, 0.29) is 11.9 Å².